The van der Waals surface area contributed by atoms with Crippen LogP contribution in [0.1, 0.15) is 26.6 Å². The first-order valence-electron chi connectivity index (χ1n) is 8.63. The molecule has 0 fully saturated rings. The van der Waals surface area contributed by atoms with E-state index in [1.54, 1.807) is 18.5 Å². The monoisotopic (exact) mass is 378 g/mol. The average molecular weight is 378 g/mol. The summed E-state index contributed by atoms with van der Waals surface area (Å²) in [6, 6.07) is 9.40. The second-order valence-corrected chi connectivity index (χ2v) is 7.17. The van der Waals surface area contributed by atoms with Crippen molar-refractivity contribution >= 4 is 27.5 Å². The zero-order chi connectivity index (χ0) is 18.8. The van der Waals surface area contributed by atoms with Gasteiger partial charge in [0.25, 0.3) is 5.91 Å². The summed E-state index contributed by atoms with van der Waals surface area (Å²) in [5.41, 5.74) is 2.71. The van der Waals surface area contributed by atoms with Crippen LogP contribution >= 0.6 is 11.3 Å². The van der Waals surface area contributed by atoms with Crippen LogP contribution in [-0.2, 0) is 6.42 Å². The molecule has 6 nitrogen and oxygen atoms in total. The number of pyridine rings is 1. The first-order valence-corrected chi connectivity index (χ1v) is 9.45. The van der Waals surface area contributed by atoms with Gasteiger partial charge in [-0.1, -0.05) is 6.07 Å². The van der Waals surface area contributed by atoms with Gasteiger partial charge in [0.2, 0.25) is 0 Å². The summed E-state index contributed by atoms with van der Waals surface area (Å²) >= 11 is 1.38. The number of carbonyl (C=O) groups is 1. The first kappa shape index (κ1) is 17.4. The molecule has 0 saturated heterocycles. The van der Waals surface area contributed by atoms with Gasteiger partial charge in [0.15, 0.2) is 11.6 Å². The van der Waals surface area contributed by atoms with Gasteiger partial charge in [-0.3, -0.25) is 9.78 Å². The van der Waals surface area contributed by atoms with Gasteiger partial charge in [-0.25, -0.2) is 9.97 Å². The Morgan fingerprint density at radius 1 is 1.19 bits per heavy atom. The Hall–Kier alpha value is -3.06. The molecule has 4 aromatic heterocycles. The second kappa shape index (κ2) is 7.28. The normalized spacial score (nSPS) is 11.0. The minimum atomic E-state index is -0.0922. The van der Waals surface area contributed by atoms with Gasteiger partial charge in [0.05, 0.1) is 16.8 Å². The van der Waals surface area contributed by atoms with Crippen LogP contribution in [0, 0.1) is 13.8 Å². The Kier molecular flexibility index (Phi) is 4.68. The molecule has 0 saturated carbocycles. The minimum absolute atomic E-state index is 0.0922. The predicted octanol–water partition coefficient (Wildman–Crippen LogP) is 3.94. The van der Waals surface area contributed by atoms with E-state index < -0.39 is 0 Å². The van der Waals surface area contributed by atoms with E-state index >= 15 is 0 Å². The average Bonchev–Trinajstić information content (AvgIpc) is 3.31. The highest BCUT2D eigenvalue weighted by molar-refractivity contribution is 7.20. The lowest BCUT2D eigenvalue weighted by Crippen LogP contribution is -2.25. The van der Waals surface area contributed by atoms with Crippen LogP contribution in [0.4, 0.5) is 0 Å². The summed E-state index contributed by atoms with van der Waals surface area (Å²) in [6.07, 6.45) is 4.04. The Balaban J connectivity index is 1.57. The smallest absolute Gasteiger partial charge is 0.261 e. The fourth-order valence-electron chi connectivity index (χ4n) is 3.00. The number of furan rings is 1. The van der Waals surface area contributed by atoms with Crippen molar-refractivity contribution in [1.82, 2.24) is 20.3 Å². The lowest BCUT2D eigenvalue weighted by molar-refractivity contribution is 0.0957. The van der Waals surface area contributed by atoms with Gasteiger partial charge in [-0.15, -0.1) is 11.3 Å². The molecule has 1 amide bonds. The highest BCUT2D eigenvalue weighted by Crippen LogP contribution is 2.32. The van der Waals surface area contributed by atoms with Gasteiger partial charge >= 0.3 is 0 Å². The largest absolute Gasteiger partial charge is 0.461 e. The molecule has 27 heavy (non-hydrogen) atoms. The maximum Gasteiger partial charge on any atom is 0.261 e. The SMILES string of the molecule is Cc1nc(-c2ccco2)nc2sc(C(=O)NCCc3ccccn3)c(C)c12. The van der Waals surface area contributed by atoms with E-state index in [9.17, 15) is 4.79 Å². The number of aromatic nitrogens is 3. The zero-order valence-electron chi connectivity index (χ0n) is 15.0. The molecule has 0 aromatic carbocycles. The molecule has 0 bridgehead atoms. The second-order valence-electron chi connectivity index (χ2n) is 6.17. The summed E-state index contributed by atoms with van der Waals surface area (Å²) in [6.45, 7) is 4.40. The van der Waals surface area contributed by atoms with Crippen LogP contribution in [0.3, 0.4) is 0 Å². The number of rotatable bonds is 5. The quantitative estimate of drug-likeness (QED) is 0.569. The molecular weight excluding hydrogens is 360 g/mol. The van der Waals surface area contributed by atoms with Crippen molar-refractivity contribution in [2.75, 3.05) is 6.54 Å². The van der Waals surface area contributed by atoms with Crippen LogP contribution in [0.25, 0.3) is 21.8 Å². The van der Waals surface area contributed by atoms with E-state index in [0.717, 1.165) is 27.2 Å². The number of nitrogens with zero attached hydrogens (tertiary/aromatic N) is 3. The van der Waals surface area contributed by atoms with E-state index in [1.165, 1.54) is 11.3 Å². The third kappa shape index (κ3) is 3.46. The number of thiophene rings is 1. The van der Waals surface area contributed by atoms with Crippen molar-refractivity contribution < 1.29 is 9.21 Å². The van der Waals surface area contributed by atoms with Crippen molar-refractivity contribution in [2.45, 2.75) is 20.3 Å². The number of nitrogens with one attached hydrogen (secondary N) is 1. The molecule has 4 heterocycles. The van der Waals surface area contributed by atoms with Crippen LogP contribution in [-0.4, -0.2) is 27.4 Å². The molecular formula is C20H18N4O2S. The summed E-state index contributed by atoms with van der Waals surface area (Å²) in [5, 5.41) is 3.91. The summed E-state index contributed by atoms with van der Waals surface area (Å²) in [4.78, 5) is 27.5. The standard InChI is InChI=1S/C20H18N4O2S/c1-12-16-13(2)23-18(15-7-5-11-26-15)24-20(16)27-17(12)19(25)22-10-8-14-6-3-4-9-21-14/h3-7,9,11H,8,10H2,1-2H3,(H,22,25). The maximum absolute atomic E-state index is 12.7. The van der Waals surface area contributed by atoms with E-state index in [1.807, 2.05) is 38.1 Å². The molecule has 4 aromatic rings. The topological polar surface area (TPSA) is 80.9 Å². The first-order chi connectivity index (χ1) is 13.1. The van der Waals surface area contributed by atoms with Crippen LogP contribution in [0.15, 0.2) is 47.2 Å². The summed E-state index contributed by atoms with van der Waals surface area (Å²) in [5.74, 6) is 1.06. The predicted molar refractivity (Wildman–Crippen MR) is 105 cm³/mol. The van der Waals surface area contributed by atoms with Gasteiger partial charge in [0, 0.05) is 30.2 Å². The molecule has 7 heteroatoms. The molecule has 0 radical (unpaired) electrons. The molecule has 0 aliphatic carbocycles. The lowest BCUT2D eigenvalue weighted by atomic mass is 10.1. The van der Waals surface area contributed by atoms with Gasteiger partial charge in [0.1, 0.15) is 4.83 Å². The number of hydrogen-bond acceptors (Lipinski definition) is 6. The fourth-order valence-corrected chi connectivity index (χ4v) is 4.15. The number of carbonyl (C=O) groups excluding carboxylic acids is 1. The lowest BCUT2D eigenvalue weighted by Gasteiger charge is -2.04. The summed E-state index contributed by atoms with van der Waals surface area (Å²) < 4.78 is 5.40. The Labute approximate surface area is 160 Å². The van der Waals surface area contributed by atoms with Crippen LogP contribution < -0.4 is 5.32 Å². The minimum Gasteiger partial charge on any atom is -0.461 e. The van der Waals surface area contributed by atoms with Crippen molar-refractivity contribution in [3.63, 3.8) is 0 Å². The van der Waals surface area contributed by atoms with Crippen molar-refractivity contribution in [3.8, 4) is 11.6 Å². The van der Waals surface area contributed by atoms with Gasteiger partial charge < -0.3 is 9.73 Å². The number of amides is 1. The molecule has 0 atom stereocenters. The maximum atomic E-state index is 12.7. The summed E-state index contributed by atoms with van der Waals surface area (Å²) in [7, 11) is 0. The molecule has 0 aliphatic rings. The number of aryl methyl sites for hydroxylation is 2. The van der Waals surface area contributed by atoms with Crippen molar-refractivity contribution in [3.05, 3.63) is 64.6 Å². The van der Waals surface area contributed by atoms with Crippen molar-refractivity contribution in [1.29, 1.82) is 0 Å². The Bertz CT molecular complexity index is 1090. The third-order valence-electron chi connectivity index (χ3n) is 4.31. The Morgan fingerprint density at radius 2 is 2.07 bits per heavy atom. The van der Waals surface area contributed by atoms with Gasteiger partial charge in [-0.05, 0) is 43.7 Å². The molecule has 0 unspecified atom stereocenters. The molecule has 0 spiro atoms. The van der Waals surface area contributed by atoms with Crippen LogP contribution in [0.2, 0.25) is 0 Å². The van der Waals surface area contributed by atoms with E-state index in [2.05, 4.69) is 20.3 Å². The van der Waals surface area contributed by atoms with E-state index in [-0.39, 0.29) is 5.91 Å². The van der Waals surface area contributed by atoms with Crippen LogP contribution in [0.5, 0.6) is 0 Å². The molecule has 4 rings (SSSR count). The fraction of sp³-hybridized carbons (Fsp3) is 0.200. The van der Waals surface area contributed by atoms with Crippen molar-refractivity contribution in [2.24, 2.45) is 0 Å². The highest BCUT2D eigenvalue weighted by atomic mass is 32.1. The number of fused-ring (bicyclic) bond motifs is 1. The van der Waals surface area contributed by atoms with E-state index in [0.29, 0.717) is 29.4 Å². The molecule has 0 aliphatic heterocycles. The zero-order valence-corrected chi connectivity index (χ0v) is 15.8. The van der Waals surface area contributed by atoms with Gasteiger partial charge in [-0.2, -0.15) is 0 Å². The van der Waals surface area contributed by atoms with E-state index in [4.69, 9.17) is 4.42 Å². The Morgan fingerprint density at radius 3 is 2.81 bits per heavy atom. The highest BCUT2D eigenvalue weighted by Gasteiger charge is 2.19. The third-order valence-corrected chi connectivity index (χ3v) is 5.50. The molecule has 136 valence electrons. The molecule has 1 N–H and O–H groups in total. The number of hydrogen-bond donors (Lipinski definition) is 1.